The van der Waals surface area contributed by atoms with Crippen LogP contribution in [-0.4, -0.2) is 35.2 Å². The standard InChI is InChI=1S/C23H29N3O3S/c1-5-26-14-8-9-18(26)23-25-16(4)21(30-23)22(27)24-13-12-17-10-11-19(28-6-2)20(15-17)29-7-3/h8-11,14-15H,5-7,12-13H2,1-4H3,(H,24,27). The number of amides is 1. The number of benzene rings is 1. The summed E-state index contributed by atoms with van der Waals surface area (Å²) in [6, 6.07) is 9.95. The molecule has 0 aliphatic heterocycles. The summed E-state index contributed by atoms with van der Waals surface area (Å²) in [7, 11) is 0. The number of nitrogens with zero attached hydrogens (tertiary/aromatic N) is 2. The van der Waals surface area contributed by atoms with Crippen LogP contribution < -0.4 is 14.8 Å². The van der Waals surface area contributed by atoms with E-state index in [1.807, 2.05) is 57.3 Å². The Labute approximate surface area is 181 Å². The monoisotopic (exact) mass is 427 g/mol. The third kappa shape index (κ3) is 5.02. The number of hydrogen-bond donors (Lipinski definition) is 1. The third-order valence-electron chi connectivity index (χ3n) is 4.70. The Morgan fingerprint density at radius 2 is 1.90 bits per heavy atom. The molecule has 30 heavy (non-hydrogen) atoms. The van der Waals surface area contributed by atoms with Gasteiger partial charge < -0.3 is 19.4 Å². The zero-order valence-corrected chi connectivity index (χ0v) is 18.8. The minimum absolute atomic E-state index is 0.0816. The van der Waals surface area contributed by atoms with E-state index in [1.165, 1.54) is 11.3 Å². The van der Waals surface area contributed by atoms with Crippen LogP contribution in [0.4, 0.5) is 0 Å². The molecule has 1 aromatic carbocycles. The van der Waals surface area contributed by atoms with Crippen molar-refractivity contribution >= 4 is 17.2 Å². The van der Waals surface area contributed by atoms with E-state index >= 15 is 0 Å². The first-order valence-electron chi connectivity index (χ1n) is 10.4. The highest BCUT2D eigenvalue weighted by molar-refractivity contribution is 7.17. The van der Waals surface area contributed by atoms with Crippen LogP contribution in [-0.2, 0) is 13.0 Å². The number of aromatic nitrogens is 2. The fourth-order valence-electron chi connectivity index (χ4n) is 3.25. The van der Waals surface area contributed by atoms with E-state index in [2.05, 4.69) is 21.8 Å². The van der Waals surface area contributed by atoms with Crippen molar-refractivity contribution in [1.82, 2.24) is 14.9 Å². The summed E-state index contributed by atoms with van der Waals surface area (Å²) in [6.45, 7) is 10.5. The first-order valence-corrected chi connectivity index (χ1v) is 11.2. The van der Waals surface area contributed by atoms with Crippen LogP contribution in [0.3, 0.4) is 0 Å². The van der Waals surface area contributed by atoms with Gasteiger partial charge in [-0.2, -0.15) is 0 Å². The Hall–Kier alpha value is -2.80. The van der Waals surface area contributed by atoms with Crippen molar-refractivity contribution in [3.63, 3.8) is 0 Å². The lowest BCUT2D eigenvalue weighted by molar-refractivity contribution is 0.0957. The van der Waals surface area contributed by atoms with Gasteiger partial charge in [-0.25, -0.2) is 4.98 Å². The maximum absolute atomic E-state index is 12.7. The Morgan fingerprint density at radius 3 is 2.63 bits per heavy atom. The molecular formula is C23H29N3O3S. The molecule has 0 saturated heterocycles. The molecule has 7 heteroatoms. The lowest BCUT2D eigenvalue weighted by atomic mass is 10.1. The van der Waals surface area contributed by atoms with Gasteiger partial charge in [0.2, 0.25) is 0 Å². The first-order chi connectivity index (χ1) is 14.6. The molecule has 0 aliphatic rings. The second-order valence-electron chi connectivity index (χ2n) is 6.77. The Balaban J connectivity index is 1.63. The number of nitrogens with one attached hydrogen (secondary N) is 1. The summed E-state index contributed by atoms with van der Waals surface area (Å²) in [6.07, 6.45) is 2.74. The van der Waals surface area contributed by atoms with Crippen molar-refractivity contribution < 1.29 is 14.3 Å². The van der Waals surface area contributed by atoms with Gasteiger partial charge in [-0.15, -0.1) is 11.3 Å². The predicted octanol–water partition coefficient (Wildman–Crippen LogP) is 4.71. The SMILES string of the molecule is CCOc1ccc(CCNC(=O)c2sc(-c3cccn3CC)nc2C)cc1OCC. The van der Waals surface area contributed by atoms with E-state index in [0.717, 1.165) is 40.0 Å². The van der Waals surface area contributed by atoms with Crippen molar-refractivity contribution in [2.75, 3.05) is 19.8 Å². The molecule has 3 aromatic rings. The van der Waals surface area contributed by atoms with Gasteiger partial charge in [0.05, 0.1) is 24.6 Å². The molecule has 0 atom stereocenters. The van der Waals surface area contributed by atoms with Gasteiger partial charge >= 0.3 is 0 Å². The van der Waals surface area contributed by atoms with E-state index in [1.54, 1.807) is 0 Å². The molecule has 6 nitrogen and oxygen atoms in total. The molecule has 0 unspecified atom stereocenters. The van der Waals surface area contributed by atoms with Crippen molar-refractivity contribution in [2.24, 2.45) is 0 Å². The first kappa shape index (κ1) is 21.9. The molecule has 0 radical (unpaired) electrons. The number of carbonyl (C=O) groups is 1. The van der Waals surface area contributed by atoms with E-state index in [0.29, 0.717) is 31.1 Å². The summed E-state index contributed by atoms with van der Waals surface area (Å²) < 4.78 is 13.4. The third-order valence-corrected chi connectivity index (χ3v) is 5.88. The van der Waals surface area contributed by atoms with Gasteiger partial charge in [0, 0.05) is 19.3 Å². The van der Waals surface area contributed by atoms with E-state index in [-0.39, 0.29) is 5.91 Å². The lowest BCUT2D eigenvalue weighted by Gasteiger charge is -2.12. The largest absolute Gasteiger partial charge is 0.490 e. The van der Waals surface area contributed by atoms with E-state index in [9.17, 15) is 4.79 Å². The van der Waals surface area contributed by atoms with Gasteiger partial charge in [-0.1, -0.05) is 6.07 Å². The van der Waals surface area contributed by atoms with Crippen LogP contribution in [0.15, 0.2) is 36.5 Å². The highest BCUT2D eigenvalue weighted by atomic mass is 32.1. The number of carbonyl (C=O) groups excluding carboxylic acids is 1. The van der Waals surface area contributed by atoms with E-state index in [4.69, 9.17) is 9.47 Å². The molecule has 160 valence electrons. The van der Waals surface area contributed by atoms with Crippen molar-refractivity contribution in [3.05, 3.63) is 52.7 Å². The van der Waals surface area contributed by atoms with Crippen molar-refractivity contribution in [2.45, 2.75) is 40.7 Å². The summed E-state index contributed by atoms with van der Waals surface area (Å²) in [5.41, 5.74) is 2.89. The second-order valence-corrected chi connectivity index (χ2v) is 7.77. The van der Waals surface area contributed by atoms with Crippen LogP contribution in [0.2, 0.25) is 0 Å². The molecule has 3 rings (SSSR count). The molecule has 1 amide bonds. The number of ether oxygens (including phenoxy) is 2. The van der Waals surface area contributed by atoms with Gasteiger partial charge in [0.1, 0.15) is 9.88 Å². The highest BCUT2D eigenvalue weighted by Crippen LogP contribution is 2.29. The van der Waals surface area contributed by atoms with Gasteiger partial charge in [-0.05, 0) is 63.9 Å². The van der Waals surface area contributed by atoms with Crippen LogP contribution >= 0.6 is 11.3 Å². The second kappa shape index (κ2) is 10.3. The number of hydrogen-bond acceptors (Lipinski definition) is 5. The minimum atomic E-state index is -0.0816. The molecule has 0 bridgehead atoms. The summed E-state index contributed by atoms with van der Waals surface area (Å²) in [5.74, 6) is 1.41. The number of aryl methyl sites for hydroxylation is 2. The predicted molar refractivity (Wildman–Crippen MR) is 121 cm³/mol. The van der Waals surface area contributed by atoms with E-state index < -0.39 is 0 Å². The lowest BCUT2D eigenvalue weighted by Crippen LogP contribution is -2.25. The fourth-order valence-corrected chi connectivity index (χ4v) is 4.28. The van der Waals surface area contributed by atoms with Crippen molar-refractivity contribution in [3.8, 4) is 22.2 Å². The normalized spacial score (nSPS) is 10.8. The Morgan fingerprint density at radius 1 is 1.13 bits per heavy atom. The zero-order valence-electron chi connectivity index (χ0n) is 18.0. The summed E-state index contributed by atoms with van der Waals surface area (Å²) in [4.78, 5) is 18.0. The molecule has 0 spiro atoms. The van der Waals surface area contributed by atoms with Crippen LogP contribution in [0.25, 0.3) is 10.7 Å². The topological polar surface area (TPSA) is 65.4 Å². The maximum atomic E-state index is 12.7. The molecule has 0 saturated carbocycles. The molecule has 2 heterocycles. The molecule has 0 fully saturated rings. The van der Waals surface area contributed by atoms with Gasteiger partial charge in [0.15, 0.2) is 11.5 Å². The quantitative estimate of drug-likeness (QED) is 0.509. The average molecular weight is 428 g/mol. The molecule has 2 aromatic heterocycles. The van der Waals surface area contributed by atoms with Crippen LogP contribution in [0.1, 0.15) is 41.7 Å². The fraction of sp³-hybridized carbons (Fsp3) is 0.391. The highest BCUT2D eigenvalue weighted by Gasteiger charge is 2.17. The molecule has 0 aliphatic carbocycles. The minimum Gasteiger partial charge on any atom is -0.490 e. The zero-order chi connectivity index (χ0) is 21.5. The van der Waals surface area contributed by atoms with Gasteiger partial charge in [-0.3, -0.25) is 4.79 Å². The van der Waals surface area contributed by atoms with Crippen molar-refractivity contribution in [1.29, 1.82) is 0 Å². The summed E-state index contributed by atoms with van der Waals surface area (Å²) >= 11 is 1.44. The Kier molecular flexibility index (Phi) is 7.52. The number of rotatable bonds is 10. The maximum Gasteiger partial charge on any atom is 0.263 e. The van der Waals surface area contributed by atoms with Gasteiger partial charge in [0.25, 0.3) is 5.91 Å². The smallest absolute Gasteiger partial charge is 0.263 e. The average Bonchev–Trinajstić information content (AvgIpc) is 3.36. The van der Waals surface area contributed by atoms with Crippen LogP contribution in [0, 0.1) is 6.92 Å². The number of thiazole rings is 1. The summed E-state index contributed by atoms with van der Waals surface area (Å²) in [5, 5.41) is 3.89. The Bertz CT molecular complexity index is 993. The molecular weight excluding hydrogens is 398 g/mol. The molecule has 1 N–H and O–H groups in total. The van der Waals surface area contributed by atoms with Crippen LogP contribution in [0.5, 0.6) is 11.5 Å².